The van der Waals surface area contributed by atoms with Crippen LogP contribution in [0.25, 0.3) is 10.9 Å². The Balaban J connectivity index is 1.67. The van der Waals surface area contributed by atoms with Crippen molar-refractivity contribution in [3.63, 3.8) is 0 Å². The van der Waals surface area contributed by atoms with E-state index in [9.17, 15) is 23.1 Å². The molecular formula is C30H27F3N2O3. The number of aryl methyl sites for hydroxylation is 2. The van der Waals surface area contributed by atoms with E-state index in [1.807, 2.05) is 56.3 Å². The Morgan fingerprint density at radius 3 is 2.42 bits per heavy atom. The average molecular weight is 521 g/mol. The van der Waals surface area contributed by atoms with Crippen LogP contribution in [-0.4, -0.2) is 34.5 Å². The summed E-state index contributed by atoms with van der Waals surface area (Å²) in [4.78, 5) is 16.5. The van der Waals surface area contributed by atoms with Crippen molar-refractivity contribution in [3.05, 3.63) is 100 Å². The summed E-state index contributed by atoms with van der Waals surface area (Å²) in [5, 5.41) is 13.8. The minimum Gasteiger partial charge on any atom is -0.405 e. The van der Waals surface area contributed by atoms with Crippen LogP contribution in [0.1, 0.15) is 45.1 Å². The number of hydrogen-bond donors (Lipinski definition) is 3. The van der Waals surface area contributed by atoms with Gasteiger partial charge in [0, 0.05) is 28.2 Å². The molecule has 0 fully saturated rings. The van der Waals surface area contributed by atoms with Crippen molar-refractivity contribution < 1.29 is 27.8 Å². The minimum absolute atomic E-state index is 0.237. The molecular weight excluding hydrogens is 493 g/mol. The third kappa shape index (κ3) is 6.18. The lowest BCUT2D eigenvalue weighted by Crippen LogP contribution is -2.50. The van der Waals surface area contributed by atoms with Gasteiger partial charge in [-0.3, -0.25) is 4.79 Å². The molecule has 4 aromatic rings. The van der Waals surface area contributed by atoms with Gasteiger partial charge < -0.3 is 20.1 Å². The monoisotopic (exact) mass is 520 g/mol. The largest absolute Gasteiger partial charge is 0.573 e. The molecule has 1 aromatic heterocycles. The van der Waals surface area contributed by atoms with Crippen molar-refractivity contribution in [1.82, 2.24) is 10.3 Å². The van der Waals surface area contributed by atoms with Gasteiger partial charge in [0.15, 0.2) is 0 Å². The summed E-state index contributed by atoms with van der Waals surface area (Å²) >= 11 is 0. The fourth-order valence-electron chi connectivity index (χ4n) is 4.32. The van der Waals surface area contributed by atoms with Crippen molar-refractivity contribution in [2.24, 2.45) is 0 Å². The van der Waals surface area contributed by atoms with E-state index < -0.39 is 30.2 Å². The summed E-state index contributed by atoms with van der Waals surface area (Å²) < 4.78 is 43.5. The van der Waals surface area contributed by atoms with Gasteiger partial charge in [0.05, 0.1) is 17.7 Å². The summed E-state index contributed by atoms with van der Waals surface area (Å²) in [7, 11) is 0. The van der Waals surface area contributed by atoms with Gasteiger partial charge in [-0.15, -0.1) is 13.2 Å². The number of carbonyl (C=O) groups is 1. The first-order chi connectivity index (χ1) is 18.0. The maximum absolute atomic E-state index is 13.3. The lowest BCUT2D eigenvalue weighted by atomic mass is 9.92. The Morgan fingerprint density at radius 1 is 1.03 bits per heavy atom. The van der Waals surface area contributed by atoms with E-state index in [4.69, 9.17) is 0 Å². The maximum atomic E-state index is 13.3. The number of aromatic amines is 1. The van der Waals surface area contributed by atoms with Gasteiger partial charge in [-0.25, -0.2) is 0 Å². The van der Waals surface area contributed by atoms with E-state index in [2.05, 4.69) is 26.9 Å². The minimum atomic E-state index is -5.00. The van der Waals surface area contributed by atoms with Crippen LogP contribution >= 0.6 is 0 Å². The fourth-order valence-corrected chi connectivity index (χ4v) is 4.32. The van der Waals surface area contributed by atoms with E-state index >= 15 is 0 Å². The molecule has 3 N–H and O–H groups in total. The van der Waals surface area contributed by atoms with Crippen molar-refractivity contribution in [3.8, 4) is 17.6 Å². The molecule has 1 heterocycles. The van der Waals surface area contributed by atoms with Crippen molar-refractivity contribution in [1.29, 1.82) is 0 Å². The zero-order chi connectivity index (χ0) is 27.5. The third-order valence-electron chi connectivity index (χ3n) is 6.28. The van der Waals surface area contributed by atoms with Crippen LogP contribution in [0.4, 0.5) is 13.2 Å². The van der Waals surface area contributed by atoms with Gasteiger partial charge in [-0.2, -0.15) is 0 Å². The van der Waals surface area contributed by atoms with Crippen LogP contribution in [0.5, 0.6) is 5.75 Å². The topological polar surface area (TPSA) is 74.3 Å². The van der Waals surface area contributed by atoms with Crippen molar-refractivity contribution in [2.45, 2.75) is 39.1 Å². The Kier molecular flexibility index (Phi) is 7.51. The van der Waals surface area contributed by atoms with Crippen LogP contribution in [0.3, 0.4) is 0 Å². The van der Waals surface area contributed by atoms with Crippen LogP contribution in [0.2, 0.25) is 0 Å². The molecule has 0 aliphatic carbocycles. The highest BCUT2D eigenvalue weighted by atomic mass is 19.4. The van der Waals surface area contributed by atoms with E-state index in [0.29, 0.717) is 5.56 Å². The van der Waals surface area contributed by atoms with Crippen molar-refractivity contribution in [2.75, 3.05) is 6.61 Å². The lowest BCUT2D eigenvalue weighted by molar-refractivity contribution is -0.274. The molecule has 1 unspecified atom stereocenters. The van der Waals surface area contributed by atoms with Crippen LogP contribution in [-0.2, 0) is 6.42 Å². The zero-order valence-electron chi connectivity index (χ0n) is 21.2. The number of aliphatic hydroxyl groups is 1. The highest BCUT2D eigenvalue weighted by Gasteiger charge is 2.34. The molecule has 1 amide bonds. The summed E-state index contributed by atoms with van der Waals surface area (Å²) in [5.74, 6) is 4.51. The maximum Gasteiger partial charge on any atom is 0.573 e. The number of aromatic nitrogens is 1. The highest BCUT2D eigenvalue weighted by molar-refractivity contribution is 5.98. The summed E-state index contributed by atoms with van der Waals surface area (Å²) in [6.07, 6.45) is -2.97. The standard InChI is InChI=1S/C30H27F3N2O3/c1-19-7-6-8-20(2)23(19)13-11-21-12-14-27(38-30(31,32)33)25(15-21)28(37)35-29(3,18-36)16-22-17-34-26-10-5-4-9-24(22)26/h4-10,12,14-15,17,34,36H,16,18H2,1-3H3,(H,35,37). The second kappa shape index (κ2) is 10.6. The zero-order valence-corrected chi connectivity index (χ0v) is 21.2. The predicted octanol–water partition coefficient (Wildman–Crippen LogP) is 5.81. The molecule has 0 spiro atoms. The molecule has 8 heteroatoms. The van der Waals surface area contributed by atoms with E-state index in [1.54, 1.807) is 13.1 Å². The number of halogens is 3. The van der Waals surface area contributed by atoms with Crippen LogP contribution in [0.15, 0.2) is 66.9 Å². The summed E-state index contributed by atoms with van der Waals surface area (Å²) in [6, 6.07) is 17.0. The number of H-pyrrole nitrogens is 1. The van der Waals surface area contributed by atoms with Gasteiger partial charge in [-0.1, -0.05) is 48.2 Å². The van der Waals surface area contributed by atoms with Gasteiger partial charge in [0.2, 0.25) is 0 Å². The number of aliphatic hydroxyl groups excluding tert-OH is 1. The molecule has 3 aromatic carbocycles. The molecule has 196 valence electrons. The van der Waals surface area contributed by atoms with E-state index in [0.717, 1.165) is 39.2 Å². The second-order valence-corrected chi connectivity index (χ2v) is 9.48. The first-order valence-electron chi connectivity index (χ1n) is 11.9. The van der Waals surface area contributed by atoms with Gasteiger partial charge in [0.25, 0.3) is 5.91 Å². The number of ether oxygens (including phenoxy) is 1. The molecule has 0 aliphatic heterocycles. The lowest BCUT2D eigenvalue weighted by Gasteiger charge is -2.29. The number of fused-ring (bicyclic) bond motifs is 1. The first-order valence-corrected chi connectivity index (χ1v) is 11.9. The number of nitrogens with one attached hydrogen (secondary N) is 2. The second-order valence-electron chi connectivity index (χ2n) is 9.48. The van der Waals surface area contributed by atoms with Gasteiger partial charge >= 0.3 is 6.36 Å². The molecule has 0 bridgehead atoms. The Morgan fingerprint density at radius 2 is 1.74 bits per heavy atom. The van der Waals surface area contributed by atoms with Gasteiger partial charge in [-0.05, 0) is 68.1 Å². The quantitative estimate of drug-likeness (QED) is 0.281. The van der Waals surface area contributed by atoms with Crippen LogP contribution in [0, 0.1) is 25.7 Å². The van der Waals surface area contributed by atoms with Gasteiger partial charge in [0.1, 0.15) is 5.75 Å². The van der Waals surface area contributed by atoms with E-state index in [-0.39, 0.29) is 12.0 Å². The summed E-state index contributed by atoms with van der Waals surface area (Å²) in [6.45, 7) is 5.01. The molecule has 38 heavy (non-hydrogen) atoms. The first kappa shape index (κ1) is 26.8. The third-order valence-corrected chi connectivity index (χ3v) is 6.28. The number of hydrogen-bond acceptors (Lipinski definition) is 3. The SMILES string of the molecule is Cc1cccc(C)c1C#Cc1ccc(OC(F)(F)F)c(C(=O)NC(C)(CO)Cc2c[nH]c3ccccc23)c1. The molecule has 5 nitrogen and oxygen atoms in total. The molecule has 1 atom stereocenters. The Labute approximate surface area is 218 Å². The molecule has 0 saturated carbocycles. The Hall–Kier alpha value is -4.22. The summed E-state index contributed by atoms with van der Waals surface area (Å²) in [5.41, 5.74) is 3.30. The molecule has 4 rings (SSSR count). The smallest absolute Gasteiger partial charge is 0.405 e. The number of rotatable bonds is 6. The average Bonchev–Trinajstić information content (AvgIpc) is 3.26. The number of alkyl halides is 3. The normalized spacial score (nSPS) is 12.9. The van der Waals surface area contributed by atoms with E-state index in [1.165, 1.54) is 12.1 Å². The number of amides is 1. The molecule has 0 aliphatic rings. The predicted molar refractivity (Wildman–Crippen MR) is 140 cm³/mol. The molecule has 0 radical (unpaired) electrons. The number of para-hydroxylation sites is 1. The van der Waals surface area contributed by atoms with Crippen LogP contribution < -0.4 is 10.1 Å². The molecule has 0 saturated heterocycles. The Bertz CT molecular complexity index is 1530. The highest BCUT2D eigenvalue weighted by Crippen LogP contribution is 2.29. The number of benzene rings is 3. The van der Waals surface area contributed by atoms with Crippen molar-refractivity contribution >= 4 is 16.8 Å². The number of carbonyl (C=O) groups excluding carboxylic acids is 1. The fraction of sp³-hybridized carbons (Fsp3) is 0.233.